The highest BCUT2D eigenvalue weighted by molar-refractivity contribution is 6.32. The van der Waals surface area contributed by atoms with E-state index in [0.29, 0.717) is 13.1 Å². The van der Waals surface area contributed by atoms with Gasteiger partial charge in [0.15, 0.2) is 0 Å². The molecule has 1 unspecified atom stereocenters. The highest BCUT2D eigenvalue weighted by Crippen LogP contribution is 2.25. The van der Waals surface area contributed by atoms with Crippen LogP contribution < -0.4 is 0 Å². The van der Waals surface area contributed by atoms with E-state index in [9.17, 15) is 15.2 Å². The van der Waals surface area contributed by atoms with Gasteiger partial charge in [-0.3, -0.25) is 15.0 Å². The predicted molar refractivity (Wildman–Crippen MR) is 66.1 cm³/mol. The maximum Gasteiger partial charge on any atom is 0.288 e. The van der Waals surface area contributed by atoms with Crippen LogP contribution in [0.2, 0.25) is 5.02 Å². The molecule has 0 fully saturated rings. The van der Waals surface area contributed by atoms with Crippen LogP contribution in [-0.2, 0) is 6.54 Å². The third-order valence-electron chi connectivity index (χ3n) is 2.24. The summed E-state index contributed by atoms with van der Waals surface area (Å²) in [6.07, 6.45) is -0.428. The van der Waals surface area contributed by atoms with Crippen molar-refractivity contribution in [2.24, 2.45) is 0 Å². The first kappa shape index (κ1) is 13.9. The van der Waals surface area contributed by atoms with Crippen molar-refractivity contribution >= 4 is 17.3 Å². The zero-order valence-electron chi connectivity index (χ0n) is 9.76. The van der Waals surface area contributed by atoms with Crippen LogP contribution in [0.3, 0.4) is 0 Å². The molecule has 0 saturated carbocycles. The van der Waals surface area contributed by atoms with Gasteiger partial charge in [0.1, 0.15) is 5.02 Å². The number of benzene rings is 1. The molecule has 0 aliphatic rings. The van der Waals surface area contributed by atoms with E-state index in [-0.39, 0.29) is 10.7 Å². The van der Waals surface area contributed by atoms with Crippen molar-refractivity contribution in [3.05, 3.63) is 38.9 Å². The minimum absolute atomic E-state index is 0.0883. The van der Waals surface area contributed by atoms with Crippen LogP contribution in [0.4, 0.5) is 5.69 Å². The van der Waals surface area contributed by atoms with Gasteiger partial charge in [0.05, 0.1) is 11.0 Å². The van der Waals surface area contributed by atoms with Crippen molar-refractivity contribution in [2.75, 3.05) is 13.6 Å². The number of aliphatic hydroxyl groups is 1. The quantitative estimate of drug-likeness (QED) is 0.648. The molecule has 1 N–H and O–H groups in total. The molecule has 0 bridgehead atoms. The molecule has 6 heteroatoms. The van der Waals surface area contributed by atoms with Crippen LogP contribution in [0, 0.1) is 10.1 Å². The van der Waals surface area contributed by atoms with E-state index in [2.05, 4.69) is 0 Å². The van der Waals surface area contributed by atoms with Crippen LogP contribution in [0.15, 0.2) is 18.2 Å². The Labute approximate surface area is 105 Å². The second-order valence-corrected chi connectivity index (χ2v) is 4.50. The summed E-state index contributed by atoms with van der Waals surface area (Å²) in [6.45, 7) is 2.74. The van der Waals surface area contributed by atoms with Gasteiger partial charge < -0.3 is 5.11 Å². The SMILES string of the molecule is CC(O)CN(C)Cc1ccc(Cl)c([N+](=O)[O-])c1. The van der Waals surface area contributed by atoms with Crippen LogP contribution in [0.5, 0.6) is 0 Å². The van der Waals surface area contributed by atoms with E-state index in [0.717, 1.165) is 5.56 Å². The minimum Gasteiger partial charge on any atom is -0.392 e. The monoisotopic (exact) mass is 258 g/mol. The average molecular weight is 259 g/mol. The molecule has 1 aromatic rings. The van der Waals surface area contributed by atoms with Crippen LogP contribution in [-0.4, -0.2) is 34.6 Å². The molecule has 0 spiro atoms. The molecule has 0 amide bonds. The van der Waals surface area contributed by atoms with Crippen molar-refractivity contribution in [3.8, 4) is 0 Å². The molecule has 0 saturated heterocycles. The fraction of sp³-hybridized carbons (Fsp3) is 0.455. The fourth-order valence-corrected chi connectivity index (χ4v) is 1.81. The van der Waals surface area contributed by atoms with Gasteiger partial charge in [0, 0.05) is 19.2 Å². The van der Waals surface area contributed by atoms with Gasteiger partial charge in [-0.1, -0.05) is 17.7 Å². The van der Waals surface area contributed by atoms with Crippen molar-refractivity contribution in [2.45, 2.75) is 19.6 Å². The molecule has 0 aliphatic heterocycles. The molecule has 0 heterocycles. The van der Waals surface area contributed by atoms with Gasteiger partial charge >= 0.3 is 0 Å². The summed E-state index contributed by atoms with van der Waals surface area (Å²) in [5.74, 6) is 0. The number of halogens is 1. The molecule has 5 nitrogen and oxygen atoms in total. The molecular weight excluding hydrogens is 244 g/mol. The molecular formula is C11H15ClN2O3. The van der Waals surface area contributed by atoms with Gasteiger partial charge in [-0.05, 0) is 25.6 Å². The largest absolute Gasteiger partial charge is 0.392 e. The van der Waals surface area contributed by atoms with Crippen LogP contribution >= 0.6 is 11.6 Å². The van der Waals surface area contributed by atoms with E-state index in [4.69, 9.17) is 11.6 Å². The molecule has 0 aromatic heterocycles. The van der Waals surface area contributed by atoms with Crippen LogP contribution in [0.1, 0.15) is 12.5 Å². The Hall–Kier alpha value is -1.17. The normalized spacial score (nSPS) is 12.8. The van der Waals surface area contributed by atoms with E-state index in [1.165, 1.54) is 12.1 Å². The van der Waals surface area contributed by atoms with Gasteiger partial charge in [-0.25, -0.2) is 0 Å². The Morgan fingerprint density at radius 1 is 1.59 bits per heavy atom. The lowest BCUT2D eigenvalue weighted by Crippen LogP contribution is -2.26. The van der Waals surface area contributed by atoms with Crippen molar-refractivity contribution in [1.29, 1.82) is 0 Å². The topological polar surface area (TPSA) is 66.6 Å². The maximum absolute atomic E-state index is 10.7. The Morgan fingerprint density at radius 2 is 2.24 bits per heavy atom. The summed E-state index contributed by atoms with van der Waals surface area (Å²) in [6, 6.07) is 4.72. The third kappa shape index (κ3) is 4.30. The summed E-state index contributed by atoms with van der Waals surface area (Å²) in [4.78, 5) is 12.1. The third-order valence-corrected chi connectivity index (χ3v) is 2.56. The Morgan fingerprint density at radius 3 is 2.76 bits per heavy atom. The van der Waals surface area contributed by atoms with Crippen LogP contribution in [0.25, 0.3) is 0 Å². The number of nitro benzene ring substituents is 1. The van der Waals surface area contributed by atoms with Gasteiger partial charge in [-0.15, -0.1) is 0 Å². The zero-order valence-corrected chi connectivity index (χ0v) is 10.5. The maximum atomic E-state index is 10.7. The van der Waals surface area contributed by atoms with E-state index >= 15 is 0 Å². The summed E-state index contributed by atoms with van der Waals surface area (Å²) >= 11 is 5.72. The van der Waals surface area contributed by atoms with E-state index < -0.39 is 11.0 Å². The van der Waals surface area contributed by atoms with E-state index in [1.54, 1.807) is 13.0 Å². The van der Waals surface area contributed by atoms with E-state index in [1.807, 2.05) is 11.9 Å². The minimum atomic E-state index is -0.500. The number of likely N-dealkylation sites (N-methyl/N-ethyl adjacent to an activating group) is 1. The first-order chi connectivity index (χ1) is 7.90. The summed E-state index contributed by atoms with van der Waals surface area (Å²) < 4.78 is 0. The predicted octanol–water partition coefficient (Wildman–Crippen LogP) is 2.06. The number of nitro groups is 1. The number of hydrogen-bond acceptors (Lipinski definition) is 4. The van der Waals surface area contributed by atoms with Crippen molar-refractivity contribution < 1.29 is 10.0 Å². The Balaban J connectivity index is 2.79. The number of nitrogens with zero attached hydrogens (tertiary/aromatic N) is 2. The first-order valence-electron chi connectivity index (χ1n) is 5.19. The lowest BCUT2D eigenvalue weighted by molar-refractivity contribution is -0.384. The van der Waals surface area contributed by atoms with Gasteiger partial charge in [0.2, 0.25) is 0 Å². The lowest BCUT2D eigenvalue weighted by Gasteiger charge is -2.18. The summed E-state index contributed by atoms with van der Waals surface area (Å²) in [5.41, 5.74) is 0.707. The molecule has 1 atom stereocenters. The van der Waals surface area contributed by atoms with Gasteiger partial charge in [0.25, 0.3) is 5.69 Å². The summed E-state index contributed by atoms with van der Waals surface area (Å²) in [5, 5.41) is 20.1. The molecule has 1 rings (SSSR count). The van der Waals surface area contributed by atoms with Gasteiger partial charge in [-0.2, -0.15) is 0 Å². The molecule has 0 radical (unpaired) electrons. The molecule has 0 aliphatic carbocycles. The first-order valence-corrected chi connectivity index (χ1v) is 5.57. The summed E-state index contributed by atoms with van der Waals surface area (Å²) in [7, 11) is 1.84. The zero-order chi connectivity index (χ0) is 13.0. The standard InChI is InChI=1S/C11H15ClN2O3/c1-8(15)6-13(2)7-9-3-4-10(12)11(5-9)14(16)17/h3-5,8,15H,6-7H2,1-2H3. The lowest BCUT2D eigenvalue weighted by atomic mass is 10.2. The number of aliphatic hydroxyl groups excluding tert-OH is 1. The second-order valence-electron chi connectivity index (χ2n) is 4.09. The fourth-order valence-electron chi connectivity index (χ4n) is 1.62. The Bertz CT molecular complexity index is 410. The molecule has 17 heavy (non-hydrogen) atoms. The molecule has 1 aromatic carbocycles. The average Bonchev–Trinajstić information content (AvgIpc) is 2.19. The highest BCUT2D eigenvalue weighted by Gasteiger charge is 2.13. The second kappa shape index (κ2) is 5.95. The van der Waals surface area contributed by atoms with Crippen molar-refractivity contribution in [1.82, 2.24) is 4.90 Å². The molecule has 94 valence electrons. The smallest absolute Gasteiger partial charge is 0.288 e. The Kier molecular flexibility index (Phi) is 4.86. The van der Waals surface area contributed by atoms with Crippen molar-refractivity contribution in [3.63, 3.8) is 0 Å². The number of rotatable bonds is 5. The number of hydrogen-bond donors (Lipinski definition) is 1. The highest BCUT2D eigenvalue weighted by atomic mass is 35.5.